The molecule has 0 aliphatic rings. The number of para-hydroxylation sites is 1. The van der Waals surface area contributed by atoms with Crippen LogP contribution < -0.4 is 0 Å². The molecule has 0 spiro atoms. The van der Waals surface area contributed by atoms with Gasteiger partial charge in [0.15, 0.2) is 0 Å². The Morgan fingerprint density at radius 2 is 1.75 bits per heavy atom. The van der Waals surface area contributed by atoms with Crippen LogP contribution in [0.4, 0.5) is 5.69 Å². The Morgan fingerprint density at radius 1 is 1.25 bits per heavy atom. The third-order valence-corrected chi connectivity index (χ3v) is 1.04. The fourth-order valence-corrected chi connectivity index (χ4v) is 0.684. The monoisotopic (exact) mass is 276 g/mol. The maximum Gasteiger partial charge on any atom is 0.0513 e. The van der Waals surface area contributed by atoms with E-state index in [-0.39, 0.29) is 38.7 Å². The van der Waals surface area contributed by atoms with Crippen molar-refractivity contribution in [1.82, 2.24) is 0 Å². The van der Waals surface area contributed by atoms with Crippen LogP contribution in [0.3, 0.4) is 0 Å². The molecule has 1 amide bonds. The van der Waals surface area contributed by atoms with E-state index in [1.54, 1.807) is 12.1 Å². The minimum Gasteiger partial charge on any atom is -0.627 e. The number of nitrogens with zero attached hydrogens (tertiary/aromatic N) is 1. The van der Waals surface area contributed by atoms with Gasteiger partial charge in [0.2, 0.25) is 0 Å². The number of hydrogen-bond donors (Lipinski definition) is 0. The summed E-state index contributed by atoms with van der Waals surface area (Å²) in [5.41, 5.74) is 0.718. The molecular weight excluding hydrogens is 268 g/mol. The summed E-state index contributed by atoms with van der Waals surface area (Å²) in [5, 5.41) is 3.72. The Morgan fingerprint density at radius 3 is 2.17 bits per heavy atom. The van der Waals surface area contributed by atoms with Crippen LogP contribution in [-0.4, -0.2) is 5.91 Å². The van der Waals surface area contributed by atoms with Crippen molar-refractivity contribution in [2.24, 2.45) is 0 Å². The Labute approximate surface area is 91.8 Å². The summed E-state index contributed by atoms with van der Waals surface area (Å²) in [6.45, 7) is 1.44. The molecule has 0 aliphatic carbocycles. The van der Waals surface area contributed by atoms with Gasteiger partial charge in [-0.05, 0) is 6.92 Å². The number of benzene rings is 1. The van der Waals surface area contributed by atoms with Crippen molar-refractivity contribution in [3.8, 4) is 0 Å². The SMILES string of the molecule is CC(=O)[N-]c1ccccc1.Cl.[Pd]. The number of carbonyl (C=O) groups is 1. The van der Waals surface area contributed by atoms with Gasteiger partial charge in [0.25, 0.3) is 0 Å². The van der Waals surface area contributed by atoms with Crippen LogP contribution in [0.25, 0.3) is 5.32 Å². The molecule has 12 heavy (non-hydrogen) atoms. The maximum absolute atomic E-state index is 10.4. The summed E-state index contributed by atoms with van der Waals surface area (Å²) in [4.78, 5) is 10.4. The molecular formula is C8H9ClNOPd-. The van der Waals surface area contributed by atoms with Gasteiger partial charge >= 0.3 is 0 Å². The summed E-state index contributed by atoms with van der Waals surface area (Å²) in [6.07, 6.45) is 0. The molecule has 1 aromatic carbocycles. The summed E-state index contributed by atoms with van der Waals surface area (Å²) >= 11 is 0. The zero-order valence-electron chi connectivity index (χ0n) is 6.47. The smallest absolute Gasteiger partial charge is 0.0513 e. The Kier molecular flexibility index (Phi) is 8.63. The van der Waals surface area contributed by atoms with Crippen LogP contribution in [0.5, 0.6) is 0 Å². The second-order valence-corrected chi connectivity index (χ2v) is 1.97. The molecule has 0 bridgehead atoms. The molecule has 0 aromatic heterocycles. The van der Waals surface area contributed by atoms with E-state index in [0.29, 0.717) is 0 Å². The molecule has 1 rings (SSSR count). The van der Waals surface area contributed by atoms with E-state index < -0.39 is 0 Å². The van der Waals surface area contributed by atoms with Crippen molar-refractivity contribution in [2.45, 2.75) is 6.92 Å². The van der Waals surface area contributed by atoms with Gasteiger partial charge in [0, 0.05) is 20.4 Å². The number of amides is 1. The average molecular weight is 277 g/mol. The van der Waals surface area contributed by atoms with Gasteiger partial charge in [-0.1, -0.05) is 30.3 Å². The molecule has 0 aliphatic heterocycles. The quantitative estimate of drug-likeness (QED) is 0.726. The summed E-state index contributed by atoms with van der Waals surface area (Å²) < 4.78 is 0. The van der Waals surface area contributed by atoms with Crippen LogP contribution in [0, 0.1) is 0 Å². The molecule has 70 valence electrons. The minimum absolute atomic E-state index is 0. The molecule has 0 saturated carbocycles. The molecule has 2 nitrogen and oxygen atoms in total. The van der Waals surface area contributed by atoms with Gasteiger partial charge in [-0.2, -0.15) is 0 Å². The van der Waals surface area contributed by atoms with Gasteiger partial charge in [-0.3, -0.25) is 0 Å². The third kappa shape index (κ3) is 5.31. The van der Waals surface area contributed by atoms with Crippen molar-refractivity contribution < 1.29 is 25.2 Å². The van der Waals surface area contributed by atoms with Crippen molar-refractivity contribution in [1.29, 1.82) is 0 Å². The Bertz CT molecular complexity index is 228. The van der Waals surface area contributed by atoms with Crippen LogP contribution in [-0.2, 0) is 25.2 Å². The van der Waals surface area contributed by atoms with E-state index in [0.717, 1.165) is 5.69 Å². The first-order valence-corrected chi connectivity index (χ1v) is 3.06. The predicted octanol–water partition coefficient (Wildman–Crippen LogP) is 2.66. The van der Waals surface area contributed by atoms with Crippen molar-refractivity contribution in [2.75, 3.05) is 0 Å². The summed E-state index contributed by atoms with van der Waals surface area (Å²) in [5.74, 6) is -0.161. The van der Waals surface area contributed by atoms with Gasteiger partial charge < -0.3 is 10.1 Å². The predicted molar refractivity (Wildman–Crippen MR) is 47.4 cm³/mol. The molecule has 0 unspecified atom stereocenters. The molecule has 0 heterocycles. The first-order chi connectivity index (χ1) is 4.79. The topological polar surface area (TPSA) is 31.2 Å². The number of rotatable bonds is 1. The number of halogens is 1. The van der Waals surface area contributed by atoms with Crippen LogP contribution in [0.2, 0.25) is 0 Å². The molecule has 0 saturated heterocycles. The largest absolute Gasteiger partial charge is 0.627 e. The summed E-state index contributed by atoms with van der Waals surface area (Å²) in [6, 6.07) is 9.17. The van der Waals surface area contributed by atoms with Gasteiger partial charge in [-0.25, -0.2) is 0 Å². The second-order valence-electron chi connectivity index (χ2n) is 1.97. The normalized spacial score (nSPS) is 7.42. The van der Waals surface area contributed by atoms with E-state index in [2.05, 4.69) is 5.32 Å². The Balaban J connectivity index is 0. The number of hydrogen-bond acceptors (Lipinski definition) is 1. The molecule has 0 N–H and O–H groups in total. The van der Waals surface area contributed by atoms with Gasteiger partial charge in [0.1, 0.15) is 0 Å². The van der Waals surface area contributed by atoms with Crippen molar-refractivity contribution in [3.05, 3.63) is 35.6 Å². The standard InChI is InChI=1S/C8H9NO.ClH.Pd/c1-7(10)9-8-5-3-2-4-6-8;;/h2-6H,1H3,(H,9,10);1H;/p-1. The molecule has 1 aromatic rings. The first-order valence-electron chi connectivity index (χ1n) is 3.06. The number of carbonyl (C=O) groups excluding carboxylic acids is 1. The average Bonchev–Trinajstić information content (AvgIpc) is 1.88. The zero-order chi connectivity index (χ0) is 7.40. The molecule has 4 heteroatoms. The molecule has 0 fully saturated rings. The summed E-state index contributed by atoms with van der Waals surface area (Å²) in [7, 11) is 0. The zero-order valence-corrected chi connectivity index (χ0v) is 8.84. The molecule has 0 radical (unpaired) electrons. The van der Waals surface area contributed by atoms with E-state index in [1.807, 2.05) is 18.2 Å². The van der Waals surface area contributed by atoms with E-state index in [9.17, 15) is 4.79 Å². The van der Waals surface area contributed by atoms with Crippen molar-refractivity contribution >= 4 is 24.0 Å². The fourth-order valence-electron chi connectivity index (χ4n) is 0.684. The minimum atomic E-state index is -0.161. The Hall–Kier alpha value is -0.358. The van der Waals surface area contributed by atoms with Crippen molar-refractivity contribution in [3.63, 3.8) is 0 Å². The van der Waals surface area contributed by atoms with Crippen LogP contribution >= 0.6 is 12.4 Å². The maximum atomic E-state index is 10.4. The van der Waals surface area contributed by atoms with Gasteiger partial charge in [-0.15, -0.1) is 18.1 Å². The van der Waals surface area contributed by atoms with E-state index in [4.69, 9.17) is 0 Å². The van der Waals surface area contributed by atoms with Crippen LogP contribution in [0.15, 0.2) is 30.3 Å². The fraction of sp³-hybridized carbons (Fsp3) is 0.125. The molecule has 0 atom stereocenters. The van der Waals surface area contributed by atoms with E-state index >= 15 is 0 Å². The van der Waals surface area contributed by atoms with E-state index in [1.165, 1.54) is 6.92 Å². The first kappa shape index (κ1) is 14.2. The van der Waals surface area contributed by atoms with Gasteiger partial charge in [0.05, 0.1) is 5.91 Å². The third-order valence-electron chi connectivity index (χ3n) is 1.04. The second kappa shape index (κ2) is 7.30. The van der Waals surface area contributed by atoms with Crippen LogP contribution in [0.1, 0.15) is 6.92 Å².